The Morgan fingerprint density at radius 1 is 1.11 bits per heavy atom. The monoisotopic (exact) mass is 344 g/mol. The van der Waals surface area contributed by atoms with Crippen molar-refractivity contribution >= 4 is 33.3 Å². The standard InChI is InChI=1S/C14H8BrClF2O/c1-7-2-3-8(16)4-9(7)14(19)10-5-13(18)11(15)6-12(10)17/h2-6H,1H3. The van der Waals surface area contributed by atoms with E-state index in [4.69, 9.17) is 11.6 Å². The van der Waals surface area contributed by atoms with Crippen LogP contribution in [0.5, 0.6) is 0 Å². The highest BCUT2D eigenvalue weighted by molar-refractivity contribution is 9.10. The van der Waals surface area contributed by atoms with E-state index in [1.807, 2.05) is 0 Å². The van der Waals surface area contributed by atoms with Crippen molar-refractivity contribution in [3.8, 4) is 0 Å². The first-order valence-corrected chi connectivity index (χ1v) is 6.52. The van der Waals surface area contributed by atoms with Gasteiger partial charge in [-0.3, -0.25) is 4.79 Å². The molecule has 0 atom stereocenters. The van der Waals surface area contributed by atoms with E-state index < -0.39 is 17.4 Å². The zero-order valence-corrected chi connectivity index (χ0v) is 12.1. The lowest BCUT2D eigenvalue weighted by Crippen LogP contribution is -2.07. The van der Waals surface area contributed by atoms with Crippen molar-refractivity contribution in [3.63, 3.8) is 0 Å². The van der Waals surface area contributed by atoms with Crippen LogP contribution in [-0.4, -0.2) is 5.78 Å². The minimum absolute atomic E-state index is 0.0237. The Morgan fingerprint density at radius 3 is 2.47 bits per heavy atom. The fourth-order valence-corrected chi connectivity index (χ4v) is 2.17. The summed E-state index contributed by atoms with van der Waals surface area (Å²) in [5, 5.41) is 0.368. The van der Waals surface area contributed by atoms with Crippen molar-refractivity contribution in [1.29, 1.82) is 0 Å². The number of hydrogen-bond acceptors (Lipinski definition) is 1. The topological polar surface area (TPSA) is 17.1 Å². The normalized spacial score (nSPS) is 10.6. The summed E-state index contributed by atoms with van der Waals surface area (Å²) >= 11 is 8.68. The lowest BCUT2D eigenvalue weighted by molar-refractivity contribution is 0.103. The molecule has 2 aromatic carbocycles. The maximum absolute atomic E-state index is 13.7. The molecule has 0 aliphatic carbocycles. The summed E-state index contributed by atoms with van der Waals surface area (Å²) in [4.78, 5) is 12.2. The predicted molar refractivity (Wildman–Crippen MR) is 73.7 cm³/mol. The molecule has 2 rings (SSSR count). The van der Waals surface area contributed by atoms with Crippen LogP contribution in [0.1, 0.15) is 21.5 Å². The highest BCUT2D eigenvalue weighted by Crippen LogP contribution is 2.24. The number of aryl methyl sites for hydroxylation is 1. The molecule has 0 aliphatic heterocycles. The molecule has 0 fully saturated rings. The molecular weight excluding hydrogens is 338 g/mol. The predicted octanol–water partition coefficient (Wildman–Crippen LogP) is 4.92. The second-order valence-electron chi connectivity index (χ2n) is 4.03. The molecule has 0 N–H and O–H groups in total. The number of carbonyl (C=O) groups excluding carboxylic acids is 1. The summed E-state index contributed by atoms with van der Waals surface area (Å²) in [5.41, 5.74) is 0.594. The van der Waals surface area contributed by atoms with Crippen LogP contribution in [0, 0.1) is 18.6 Å². The number of halogens is 4. The van der Waals surface area contributed by atoms with Crippen LogP contribution < -0.4 is 0 Å². The molecule has 0 saturated carbocycles. The molecule has 98 valence electrons. The van der Waals surface area contributed by atoms with E-state index in [0.29, 0.717) is 10.6 Å². The summed E-state index contributed by atoms with van der Waals surface area (Å²) in [6.45, 7) is 1.71. The Labute approximate surface area is 122 Å². The van der Waals surface area contributed by atoms with Crippen LogP contribution in [0.15, 0.2) is 34.8 Å². The molecule has 0 radical (unpaired) electrons. The van der Waals surface area contributed by atoms with Crippen molar-refractivity contribution in [1.82, 2.24) is 0 Å². The largest absolute Gasteiger partial charge is 0.288 e. The fourth-order valence-electron chi connectivity index (χ4n) is 1.68. The number of ketones is 1. The Hall–Kier alpha value is -1.26. The van der Waals surface area contributed by atoms with Crippen molar-refractivity contribution in [2.75, 3.05) is 0 Å². The summed E-state index contributed by atoms with van der Waals surface area (Å²) in [7, 11) is 0. The molecular formula is C14H8BrClF2O. The molecule has 0 bridgehead atoms. The Morgan fingerprint density at radius 2 is 1.79 bits per heavy atom. The molecule has 0 aromatic heterocycles. The van der Waals surface area contributed by atoms with Crippen LogP contribution >= 0.6 is 27.5 Å². The van der Waals surface area contributed by atoms with E-state index in [-0.39, 0.29) is 15.6 Å². The second kappa shape index (κ2) is 5.39. The molecule has 1 nitrogen and oxygen atoms in total. The van der Waals surface area contributed by atoms with Gasteiger partial charge in [-0.2, -0.15) is 0 Å². The summed E-state index contributed by atoms with van der Waals surface area (Å²) < 4.78 is 27.1. The van der Waals surface area contributed by atoms with Gasteiger partial charge in [-0.05, 0) is 52.7 Å². The molecule has 0 heterocycles. The third-order valence-electron chi connectivity index (χ3n) is 2.70. The summed E-state index contributed by atoms with van der Waals surface area (Å²) in [6, 6.07) is 6.54. The van der Waals surface area contributed by atoms with Gasteiger partial charge in [-0.25, -0.2) is 8.78 Å². The Balaban J connectivity index is 2.56. The van der Waals surface area contributed by atoms with Gasteiger partial charge < -0.3 is 0 Å². The lowest BCUT2D eigenvalue weighted by Gasteiger charge is -2.07. The summed E-state index contributed by atoms with van der Waals surface area (Å²) in [5.74, 6) is -2.06. The van der Waals surface area contributed by atoms with E-state index in [1.54, 1.807) is 19.1 Å². The van der Waals surface area contributed by atoms with Gasteiger partial charge in [-0.15, -0.1) is 0 Å². The highest BCUT2D eigenvalue weighted by Gasteiger charge is 2.18. The highest BCUT2D eigenvalue weighted by atomic mass is 79.9. The fraction of sp³-hybridized carbons (Fsp3) is 0.0714. The quantitative estimate of drug-likeness (QED) is 0.558. The van der Waals surface area contributed by atoms with E-state index in [9.17, 15) is 13.6 Å². The smallest absolute Gasteiger partial charge is 0.196 e. The van der Waals surface area contributed by atoms with Gasteiger partial charge in [0.15, 0.2) is 5.78 Å². The van der Waals surface area contributed by atoms with Crippen LogP contribution in [0.2, 0.25) is 5.02 Å². The average Bonchev–Trinajstić information content (AvgIpc) is 2.36. The zero-order chi connectivity index (χ0) is 14.2. The maximum Gasteiger partial charge on any atom is 0.196 e. The number of carbonyl (C=O) groups is 1. The molecule has 0 aliphatic rings. The van der Waals surface area contributed by atoms with Crippen LogP contribution in [-0.2, 0) is 0 Å². The lowest BCUT2D eigenvalue weighted by atomic mass is 9.99. The minimum Gasteiger partial charge on any atom is -0.288 e. The van der Waals surface area contributed by atoms with Crippen LogP contribution in [0.25, 0.3) is 0 Å². The third kappa shape index (κ3) is 2.85. The van der Waals surface area contributed by atoms with Gasteiger partial charge in [-0.1, -0.05) is 17.7 Å². The first kappa shape index (κ1) is 14.2. The van der Waals surface area contributed by atoms with Crippen LogP contribution in [0.4, 0.5) is 8.78 Å². The summed E-state index contributed by atoms with van der Waals surface area (Å²) in [6.07, 6.45) is 0. The number of rotatable bonds is 2. The van der Waals surface area contributed by atoms with E-state index in [1.165, 1.54) is 6.07 Å². The maximum atomic E-state index is 13.7. The first-order valence-electron chi connectivity index (χ1n) is 5.35. The Bertz CT molecular complexity index is 671. The van der Waals surface area contributed by atoms with Crippen LogP contribution in [0.3, 0.4) is 0 Å². The van der Waals surface area contributed by atoms with Crippen molar-refractivity contribution in [2.24, 2.45) is 0 Å². The van der Waals surface area contributed by atoms with E-state index in [0.717, 1.165) is 12.1 Å². The van der Waals surface area contributed by atoms with Crippen molar-refractivity contribution < 1.29 is 13.6 Å². The van der Waals surface area contributed by atoms with Crippen molar-refractivity contribution in [2.45, 2.75) is 6.92 Å². The van der Waals surface area contributed by atoms with E-state index >= 15 is 0 Å². The number of hydrogen-bond donors (Lipinski definition) is 0. The molecule has 0 unspecified atom stereocenters. The molecule has 2 aromatic rings. The van der Waals surface area contributed by atoms with Gasteiger partial charge in [0.25, 0.3) is 0 Å². The van der Waals surface area contributed by atoms with E-state index in [2.05, 4.69) is 15.9 Å². The number of benzene rings is 2. The minimum atomic E-state index is -0.780. The van der Waals surface area contributed by atoms with Gasteiger partial charge >= 0.3 is 0 Å². The average molecular weight is 346 g/mol. The van der Waals surface area contributed by atoms with Gasteiger partial charge in [0, 0.05) is 10.6 Å². The van der Waals surface area contributed by atoms with Gasteiger partial charge in [0.1, 0.15) is 11.6 Å². The SMILES string of the molecule is Cc1ccc(Cl)cc1C(=O)c1cc(F)c(Br)cc1F. The Kier molecular flexibility index (Phi) is 4.02. The van der Waals surface area contributed by atoms with Gasteiger partial charge in [0.05, 0.1) is 10.0 Å². The molecule has 0 spiro atoms. The van der Waals surface area contributed by atoms with Crippen molar-refractivity contribution in [3.05, 3.63) is 68.2 Å². The van der Waals surface area contributed by atoms with Gasteiger partial charge in [0.2, 0.25) is 0 Å². The second-order valence-corrected chi connectivity index (χ2v) is 5.33. The molecule has 5 heteroatoms. The molecule has 0 saturated heterocycles. The molecule has 19 heavy (non-hydrogen) atoms. The first-order chi connectivity index (χ1) is 8.90. The zero-order valence-electron chi connectivity index (χ0n) is 9.81. The molecule has 0 amide bonds. The third-order valence-corrected chi connectivity index (χ3v) is 3.54.